The molecule has 2 rings (SSSR count). The van der Waals surface area contributed by atoms with Crippen molar-refractivity contribution in [2.24, 2.45) is 0 Å². The summed E-state index contributed by atoms with van der Waals surface area (Å²) in [6, 6.07) is 8.82. The number of hydrogen-bond donors (Lipinski definition) is 1. The molecule has 1 aromatic rings. The molecule has 1 N–H and O–H groups in total. The van der Waals surface area contributed by atoms with Gasteiger partial charge in [-0.2, -0.15) is 0 Å². The van der Waals surface area contributed by atoms with Crippen LogP contribution in [0, 0.1) is 0 Å². The smallest absolute Gasteiger partial charge is 0.0619 e. The van der Waals surface area contributed by atoms with Gasteiger partial charge in [-0.25, -0.2) is 0 Å². The molecule has 0 aromatic heterocycles. The third-order valence-electron chi connectivity index (χ3n) is 2.99. The van der Waals surface area contributed by atoms with Gasteiger partial charge in [-0.05, 0) is 37.5 Å². The van der Waals surface area contributed by atoms with Crippen molar-refractivity contribution in [2.45, 2.75) is 31.8 Å². The molecule has 1 aliphatic heterocycles. The summed E-state index contributed by atoms with van der Waals surface area (Å²) in [4.78, 5) is 0. The fourth-order valence-electron chi connectivity index (χ4n) is 2.10. The Morgan fingerprint density at radius 3 is 3.06 bits per heavy atom. The number of hydrogen-bond acceptors (Lipinski definition) is 2. The molecule has 0 bridgehead atoms. The first-order chi connectivity index (χ1) is 7.75. The van der Waals surface area contributed by atoms with Crippen molar-refractivity contribution in [1.82, 2.24) is 5.32 Å². The molecule has 2 unspecified atom stereocenters. The SMILES string of the molecule is CC(NC1CCCOC1)c1cccc(Cl)c1. The van der Waals surface area contributed by atoms with Crippen LogP contribution in [0.5, 0.6) is 0 Å². The van der Waals surface area contributed by atoms with E-state index in [9.17, 15) is 0 Å². The summed E-state index contributed by atoms with van der Waals surface area (Å²) in [6.45, 7) is 3.90. The van der Waals surface area contributed by atoms with Gasteiger partial charge in [0.25, 0.3) is 0 Å². The molecular weight excluding hydrogens is 222 g/mol. The molecule has 3 heteroatoms. The highest BCUT2D eigenvalue weighted by atomic mass is 35.5. The lowest BCUT2D eigenvalue weighted by atomic mass is 10.1. The van der Waals surface area contributed by atoms with Crippen LogP contribution in [0.2, 0.25) is 5.02 Å². The normalized spacial score (nSPS) is 23.0. The van der Waals surface area contributed by atoms with E-state index in [1.54, 1.807) is 0 Å². The fraction of sp³-hybridized carbons (Fsp3) is 0.538. The quantitative estimate of drug-likeness (QED) is 0.875. The Labute approximate surface area is 102 Å². The summed E-state index contributed by atoms with van der Waals surface area (Å²) in [7, 11) is 0. The van der Waals surface area contributed by atoms with Crippen molar-refractivity contribution in [2.75, 3.05) is 13.2 Å². The topological polar surface area (TPSA) is 21.3 Å². The zero-order valence-corrected chi connectivity index (χ0v) is 10.3. The Bertz CT molecular complexity index is 336. The molecule has 0 radical (unpaired) electrons. The molecule has 0 aliphatic carbocycles. The molecule has 88 valence electrons. The van der Waals surface area contributed by atoms with E-state index in [4.69, 9.17) is 16.3 Å². The number of halogens is 1. The van der Waals surface area contributed by atoms with E-state index >= 15 is 0 Å². The van der Waals surface area contributed by atoms with Crippen LogP contribution >= 0.6 is 11.6 Å². The molecule has 1 aliphatic rings. The third-order valence-corrected chi connectivity index (χ3v) is 3.23. The van der Waals surface area contributed by atoms with Crippen LogP contribution in [0.15, 0.2) is 24.3 Å². The third kappa shape index (κ3) is 3.21. The molecular formula is C13H18ClNO. The van der Waals surface area contributed by atoms with Gasteiger partial charge in [-0.15, -0.1) is 0 Å². The maximum atomic E-state index is 5.98. The van der Waals surface area contributed by atoms with Crippen molar-refractivity contribution < 1.29 is 4.74 Å². The minimum absolute atomic E-state index is 0.324. The highest BCUT2D eigenvalue weighted by Crippen LogP contribution is 2.19. The van der Waals surface area contributed by atoms with E-state index < -0.39 is 0 Å². The molecule has 1 heterocycles. The van der Waals surface area contributed by atoms with Crippen LogP contribution < -0.4 is 5.32 Å². The lowest BCUT2D eigenvalue weighted by Crippen LogP contribution is -2.38. The molecule has 2 atom stereocenters. The molecule has 0 saturated carbocycles. The molecule has 1 aromatic carbocycles. The van der Waals surface area contributed by atoms with Crippen LogP contribution in [-0.4, -0.2) is 19.3 Å². The van der Waals surface area contributed by atoms with Gasteiger partial charge in [-0.3, -0.25) is 0 Å². The van der Waals surface area contributed by atoms with Gasteiger partial charge in [0.1, 0.15) is 0 Å². The maximum absolute atomic E-state index is 5.98. The van der Waals surface area contributed by atoms with Crippen LogP contribution in [0.1, 0.15) is 31.4 Å². The van der Waals surface area contributed by atoms with Gasteiger partial charge in [-0.1, -0.05) is 23.7 Å². The van der Waals surface area contributed by atoms with Crippen molar-refractivity contribution in [3.05, 3.63) is 34.9 Å². The molecule has 2 nitrogen and oxygen atoms in total. The second kappa shape index (κ2) is 5.67. The lowest BCUT2D eigenvalue weighted by molar-refractivity contribution is 0.0671. The van der Waals surface area contributed by atoms with Gasteiger partial charge in [0, 0.05) is 23.7 Å². The van der Waals surface area contributed by atoms with Crippen molar-refractivity contribution in [3.63, 3.8) is 0 Å². The summed E-state index contributed by atoms with van der Waals surface area (Å²) < 4.78 is 5.45. The van der Waals surface area contributed by atoms with Gasteiger partial charge < -0.3 is 10.1 Å². The van der Waals surface area contributed by atoms with E-state index in [1.165, 1.54) is 12.0 Å². The minimum atomic E-state index is 0.324. The summed E-state index contributed by atoms with van der Waals surface area (Å²) in [5, 5.41) is 4.38. The first-order valence-corrected chi connectivity index (χ1v) is 6.23. The Morgan fingerprint density at radius 1 is 1.50 bits per heavy atom. The minimum Gasteiger partial charge on any atom is -0.380 e. The number of ether oxygens (including phenoxy) is 1. The first kappa shape index (κ1) is 11.9. The van der Waals surface area contributed by atoms with Crippen LogP contribution in [0.4, 0.5) is 0 Å². The first-order valence-electron chi connectivity index (χ1n) is 5.85. The van der Waals surface area contributed by atoms with Crippen molar-refractivity contribution in [3.8, 4) is 0 Å². The highest BCUT2D eigenvalue weighted by molar-refractivity contribution is 6.30. The number of rotatable bonds is 3. The second-order valence-corrected chi connectivity index (χ2v) is 4.79. The summed E-state index contributed by atoms with van der Waals surface area (Å²) >= 11 is 5.98. The molecule has 0 amide bonds. The fourth-order valence-corrected chi connectivity index (χ4v) is 2.30. The van der Waals surface area contributed by atoms with E-state index in [2.05, 4.69) is 18.3 Å². The predicted molar refractivity (Wildman–Crippen MR) is 66.8 cm³/mol. The molecule has 0 spiro atoms. The van der Waals surface area contributed by atoms with E-state index in [0.717, 1.165) is 24.7 Å². The monoisotopic (exact) mass is 239 g/mol. The number of benzene rings is 1. The maximum Gasteiger partial charge on any atom is 0.0619 e. The molecule has 16 heavy (non-hydrogen) atoms. The van der Waals surface area contributed by atoms with Gasteiger partial charge >= 0.3 is 0 Å². The van der Waals surface area contributed by atoms with Crippen LogP contribution in [0.3, 0.4) is 0 Å². The lowest BCUT2D eigenvalue weighted by Gasteiger charge is -2.27. The largest absolute Gasteiger partial charge is 0.380 e. The Kier molecular flexibility index (Phi) is 4.22. The molecule has 1 saturated heterocycles. The Hall–Kier alpha value is -0.570. The zero-order chi connectivity index (χ0) is 11.4. The van der Waals surface area contributed by atoms with E-state index in [-0.39, 0.29) is 0 Å². The van der Waals surface area contributed by atoms with Crippen molar-refractivity contribution >= 4 is 11.6 Å². The van der Waals surface area contributed by atoms with Gasteiger partial charge in [0.15, 0.2) is 0 Å². The zero-order valence-electron chi connectivity index (χ0n) is 9.58. The van der Waals surface area contributed by atoms with E-state index in [1.807, 2.05) is 18.2 Å². The predicted octanol–water partition coefficient (Wildman–Crippen LogP) is 3.17. The van der Waals surface area contributed by atoms with E-state index in [0.29, 0.717) is 12.1 Å². The summed E-state index contributed by atoms with van der Waals surface area (Å²) in [5.74, 6) is 0. The van der Waals surface area contributed by atoms with Gasteiger partial charge in [0.2, 0.25) is 0 Å². The Morgan fingerprint density at radius 2 is 2.38 bits per heavy atom. The highest BCUT2D eigenvalue weighted by Gasteiger charge is 2.16. The van der Waals surface area contributed by atoms with Gasteiger partial charge in [0.05, 0.1) is 6.61 Å². The molecule has 1 fully saturated rings. The average Bonchev–Trinajstić information content (AvgIpc) is 2.30. The van der Waals surface area contributed by atoms with Crippen LogP contribution in [-0.2, 0) is 4.74 Å². The second-order valence-electron chi connectivity index (χ2n) is 4.36. The summed E-state index contributed by atoms with van der Waals surface area (Å²) in [6.07, 6.45) is 2.35. The Balaban J connectivity index is 1.94. The number of nitrogens with one attached hydrogen (secondary N) is 1. The van der Waals surface area contributed by atoms with Crippen molar-refractivity contribution in [1.29, 1.82) is 0 Å². The standard InChI is InChI=1S/C13H18ClNO/c1-10(11-4-2-5-12(14)8-11)15-13-6-3-7-16-9-13/h2,4-5,8,10,13,15H,3,6-7,9H2,1H3. The van der Waals surface area contributed by atoms with Crippen LogP contribution in [0.25, 0.3) is 0 Å². The average molecular weight is 240 g/mol. The summed E-state index contributed by atoms with van der Waals surface area (Å²) in [5.41, 5.74) is 1.23.